The van der Waals surface area contributed by atoms with Crippen LogP contribution in [0.5, 0.6) is 0 Å². The van der Waals surface area contributed by atoms with Crippen LogP contribution in [0.4, 0.5) is 0 Å². The van der Waals surface area contributed by atoms with Crippen LogP contribution in [0.2, 0.25) is 0 Å². The third-order valence-corrected chi connectivity index (χ3v) is 5.88. The lowest BCUT2D eigenvalue weighted by molar-refractivity contribution is -0.282. The lowest BCUT2D eigenvalue weighted by atomic mass is 9.73. The third-order valence-electron chi connectivity index (χ3n) is 5.88. The van der Waals surface area contributed by atoms with Gasteiger partial charge in [-0.05, 0) is 55.8 Å². The molecule has 4 atom stereocenters. The molecule has 3 saturated carbocycles. The van der Waals surface area contributed by atoms with Gasteiger partial charge in [0.05, 0.1) is 0 Å². The van der Waals surface area contributed by atoms with Crippen LogP contribution in [0.3, 0.4) is 0 Å². The summed E-state index contributed by atoms with van der Waals surface area (Å²) in [7, 11) is 0. The first-order valence-electron chi connectivity index (χ1n) is 8.72. The topological polar surface area (TPSA) is 42.3 Å². The van der Waals surface area contributed by atoms with Gasteiger partial charge in [-0.3, -0.25) is 5.41 Å². The Morgan fingerprint density at radius 1 is 0.900 bits per heavy atom. The van der Waals surface area contributed by atoms with Gasteiger partial charge in [0.15, 0.2) is 0 Å². The fourth-order valence-corrected chi connectivity index (χ4v) is 5.10. The van der Waals surface area contributed by atoms with Crippen molar-refractivity contribution in [2.75, 3.05) is 0 Å². The van der Waals surface area contributed by atoms with Crippen molar-refractivity contribution < 1.29 is 9.78 Å². The molecule has 114 valence electrons. The second-order valence-electron chi connectivity index (χ2n) is 7.04. The average molecular weight is 279 g/mol. The van der Waals surface area contributed by atoms with Crippen LogP contribution < -0.4 is 0 Å². The Morgan fingerprint density at radius 2 is 1.40 bits per heavy atom. The van der Waals surface area contributed by atoms with E-state index in [0.29, 0.717) is 24.2 Å². The van der Waals surface area contributed by atoms with Gasteiger partial charge in [-0.15, -0.1) is 0 Å². The Labute approximate surface area is 122 Å². The third kappa shape index (κ3) is 2.74. The van der Waals surface area contributed by atoms with Crippen molar-refractivity contribution >= 4 is 5.90 Å². The zero-order chi connectivity index (χ0) is 13.9. The van der Waals surface area contributed by atoms with Crippen molar-refractivity contribution in [3.63, 3.8) is 0 Å². The van der Waals surface area contributed by atoms with Crippen molar-refractivity contribution in [3.05, 3.63) is 0 Å². The molecule has 3 aliphatic carbocycles. The van der Waals surface area contributed by atoms with Gasteiger partial charge in [-0.1, -0.05) is 32.6 Å². The summed E-state index contributed by atoms with van der Waals surface area (Å²) in [4.78, 5) is 11.2. The molecule has 3 fully saturated rings. The maximum absolute atomic E-state index is 7.77. The van der Waals surface area contributed by atoms with Gasteiger partial charge in [0.1, 0.15) is 6.10 Å². The number of rotatable bonds is 4. The first-order valence-corrected chi connectivity index (χ1v) is 8.72. The van der Waals surface area contributed by atoms with Crippen LogP contribution in [-0.2, 0) is 9.78 Å². The highest BCUT2D eigenvalue weighted by Crippen LogP contribution is 2.55. The molecule has 0 aromatic carbocycles. The minimum atomic E-state index is 0.266. The van der Waals surface area contributed by atoms with E-state index < -0.39 is 0 Å². The Balaban J connectivity index is 1.65. The second kappa shape index (κ2) is 6.46. The summed E-state index contributed by atoms with van der Waals surface area (Å²) in [5, 5.41) is 7.77. The molecule has 0 heterocycles. The molecule has 3 aliphatic rings. The second-order valence-corrected chi connectivity index (χ2v) is 7.04. The van der Waals surface area contributed by atoms with Gasteiger partial charge >= 0.3 is 0 Å². The van der Waals surface area contributed by atoms with Gasteiger partial charge in [0.2, 0.25) is 5.90 Å². The van der Waals surface area contributed by atoms with Crippen LogP contribution in [0.25, 0.3) is 0 Å². The van der Waals surface area contributed by atoms with Crippen LogP contribution in [0.1, 0.15) is 71.1 Å². The lowest BCUT2D eigenvalue weighted by Gasteiger charge is -2.31. The molecule has 0 aromatic rings. The first kappa shape index (κ1) is 14.4. The van der Waals surface area contributed by atoms with Gasteiger partial charge in [0.25, 0.3) is 0 Å². The van der Waals surface area contributed by atoms with Gasteiger partial charge in [-0.25, -0.2) is 0 Å². The van der Waals surface area contributed by atoms with E-state index in [4.69, 9.17) is 15.2 Å². The van der Waals surface area contributed by atoms with Crippen LogP contribution in [0.15, 0.2) is 0 Å². The number of fused-ring (bicyclic) bond motifs is 3. The molecule has 0 bridgehead atoms. The minimum Gasteiger partial charge on any atom is -0.322 e. The Hall–Kier alpha value is -0.570. The van der Waals surface area contributed by atoms with E-state index in [2.05, 4.69) is 6.92 Å². The molecule has 3 heteroatoms. The van der Waals surface area contributed by atoms with Gasteiger partial charge in [0, 0.05) is 6.42 Å². The van der Waals surface area contributed by atoms with E-state index in [1.807, 2.05) is 0 Å². The predicted molar refractivity (Wildman–Crippen MR) is 79.5 cm³/mol. The Kier molecular flexibility index (Phi) is 4.65. The van der Waals surface area contributed by atoms with E-state index in [1.165, 1.54) is 51.4 Å². The van der Waals surface area contributed by atoms with Crippen LogP contribution >= 0.6 is 0 Å². The summed E-state index contributed by atoms with van der Waals surface area (Å²) < 4.78 is 0. The molecule has 4 unspecified atom stereocenters. The smallest absolute Gasteiger partial charge is 0.224 e. The fraction of sp³-hybridized carbons (Fsp3) is 0.941. The summed E-state index contributed by atoms with van der Waals surface area (Å²) in [5.41, 5.74) is 0. The molecular formula is C17H29NO2. The van der Waals surface area contributed by atoms with Crippen molar-refractivity contribution in [1.82, 2.24) is 0 Å². The molecule has 0 saturated heterocycles. The molecule has 0 spiro atoms. The SMILES string of the molecule is CCCC(=N)OOC1C2CCCCC2C2CCCCC21. The highest BCUT2D eigenvalue weighted by atomic mass is 17.2. The fourth-order valence-electron chi connectivity index (χ4n) is 5.10. The lowest BCUT2D eigenvalue weighted by Crippen LogP contribution is -2.30. The molecular weight excluding hydrogens is 250 g/mol. The summed E-state index contributed by atoms with van der Waals surface area (Å²) >= 11 is 0. The van der Waals surface area contributed by atoms with Crippen molar-refractivity contribution in [2.24, 2.45) is 23.7 Å². The zero-order valence-corrected chi connectivity index (χ0v) is 12.8. The summed E-state index contributed by atoms with van der Waals surface area (Å²) in [6.45, 7) is 2.07. The quantitative estimate of drug-likeness (QED) is 0.350. The molecule has 3 nitrogen and oxygen atoms in total. The average Bonchev–Trinajstić information content (AvgIpc) is 2.80. The van der Waals surface area contributed by atoms with Crippen LogP contribution in [-0.4, -0.2) is 12.0 Å². The molecule has 1 N–H and O–H groups in total. The van der Waals surface area contributed by atoms with Crippen molar-refractivity contribution in [2.45, 2.75) is 77.2 Å². The van der Waals surface area contributed by atoms with E-state index in [9.17, 15) is 0 Å². The number of nitrogens with one attached hydrogen (secondary N) is 1. The summed E-state index contributed by atoms with van der Waals surface area (Å²) in [6, 6.07) is 0. The summed E-state index contributed by atoms with van der Waals surface area (Å²) in [6.07, 6.45) is 12.9. The predicted octanol–water partition coefficient (Wildman–Crippen LogP) is 4.71. The number of hydrogen-bond donors (Lipinski definition) is 1. The molecule has 0 radical (unpaired) electrons. The Bertz CT molecular complexity index is 322. The van der Waals surface area contributed by atoms with E-state index in [-0.39, 0.29) is 6.10 Å². The van der Waals surface area contributed by atoms with Gasteiger partial charge < -0.3 is 4.89 Å². The standard InChI is InChI=1S/C17H29NO2/c1-2-7-16(18)19-20-17-14-10-5-3-8-12(14)13-9-4-6-11-15(13)17/h12-15,17-18H,2-11H2,1H3. The van der Waals surface area contributed by atoms with Crippen molar-refractivity contribution in [3.8, 4) is 0 Å². The van der Waals surface area contributed by atoms with Crippen molar-refractivity contribution in [1.29, 1.82) is 5.41 Å². The van der Waals surface area contributed by atoms with Gasteiger partial charge in [-0.2, -0.15) is 4.89 Å². The maximum Gasteiger partial charge on any atom is 0.224 e. The Morgan fingerprint density at radius 3 is 1.90 bits per heavy atom. The zero-order valence-electron chi connectivity index (χ0n) is 12.8. The number of hydrogen-bond acceptors (Lipinski definition) is 3. The van der Waals surface area contributed by atoms with Crippen LogP contribution in [0, 0.1) is 29.1 Å². The molecule has 0 amide bonds. The molecule has 3 rings (SSSR count). The van der Waals surface area contributed by atoms with E-state index in [0.717, 1.165) is 18.3 Å². The normalized spacial score (nSPS) is 40.0. The van der Waals surface area contributed by atoms with E-state index in [1.54, 1.807) is 0 Å². The minimum absolute atomic E-state index is 0.266. The van der Waals surface area contributed by atoms with E-state index >= 15 is 0 Å². The molecule has 0 aliphatic heterocycles. The largest absolute Gasteiger partial charge is 0.322 e. The highest BCUT2D eigenvalue weighted by molar-refractivity contribution is 5.71. The summed E-state index contributed by atoms with van der Waals surface area (Å²) in [5.74, 6) is 3.46. The molecule has 0 aromatic heterocycles. The molecule has 20 heavy (non-hydrogen) atoms. The first-order chi connectivity index (χ1) is 9.81. The monoisotopic (exact) mass is 279 g/mol. The maximum atomic E-state index is 7.77. The highest BCUT2D eigenvalue weighted by Gasteiger charge is 2.52.